The number of urea groups is 1. The number of hydrogen-bond acceptors (Lipinski definition) is 6. The first-order valence-electron chi connectivity index (χ1n) is 10.5. The van der Waals surface area contributed by atoms with Gasteiger partial charge in [0.25, 0.3) is 0 Å². The Labute approximate surface area is 197 Å². The number of carbonyl (C=O) groups excluding carboxylic acids is 1. The second-order valence-electron chi connectivity index (χ2n) is 7.68. The van der Waals surface area contributed by atoms with Crippen molar-refractivity contribution in [1.29, 1.82) is 0 Å². The van der Waals surface area contributed by atoms with Crippen molar-refractivity contribution < 1.29 is 14.3 Å². The minimum absolute atomic E-state index is 0.200. The van der Waals surface area contributed by atoms with Gasteiger partial charge in [0.15, 0.2) is 5.82 Å². The highest BCUT2D eigenvalue weighted by molar-refractivity contribution is 6.30. The van der Waals surface area contributed by atoms with Gasteiger partial charge in [-0.1, -0.05) is 42.3 Å². The molecule has 9 heteroatoms. The van der Waals surface area contributed by atoms with Gasteiger partial charge >= 0.3 is 6.03 Å². The molecule has 3 heterocycles. The molecule has 33 heavy (non-hydrogen) atoms. The van der Waals surface area contributed by atoms with Gasteiger partial charge < -0.3 is 14.4 Å². The molecule has 1 atom stereocenters. The summed E-state index contributed by atoms with van der Waals surface area (Å²) < 4.78 is 10.9. The summed E-state index contributed by atoms with van der Waals surface area (Å²) in [5, 5.41) is 3.35. The number of benzene rings is 1. The van der Waals surface area contributed by atoms with Crippen LogP contribution in [0.15, 0.2) is 60.6 Å². The van der Waals surface area contributed by atoms with Crippen molar-refractivity contribution in [1.82, 2.24) is 19.9 Å². The number of aromatic nitrogens is 3. The second kappa shape index (κ2) is 10.3. The van der Waals surface area contributed by atoms with E-state index < -0.39 is 0 Å². The number of pyridine rings is 1. The molecule has 1 aliphatic heterocycles. The van der Waals surface area contributed by atoms with Crippen LogP contribution in [-0.4, -0.2) is 46.1 Å². The van der Waals surface area contributed by atoms with E-state index in [2.05, 4.69) is 33.3 Å². The number of hydrogen-bond donors (Lipinski definition) is 1. The van der Waals surface area contributed by atoms with Crippen LogP contribution in [0.25, 0.3) is 6.08 Å². The Hall–Kier alpha value is -3.65. The standard InChI is InChI=1S/C24H24ClN5O3/c1-16-15-30(24(31)29-21-13-26-14-23(28-21)32-2)9-8-18(16)10-17-4-3-5-20(11-17)33-22-7-6-19(25)12-27-22/h3-7,10-14,16H,8-9,15H2,1-2H3,(H,28,29,31). The fraction of sp³-hybridized carbons (Fsp3) is 0.250. The van der Waals surface area contributed by atoms with E-state index in [1.54, 1.807) is 23.2 Å². The third-order valence-corrected chi connectivity index (χ3v) is 5.50. The minimum Gasteiger partial charge on any atom is -0.480 e. The van der Waals surface area contributed by atoms with Crippen LogP contribution >= 0.6 is 11.6 Å². The van der Waals surface area contributed by atoms with E-state index in [1.807, 2.05) is 24.3 Å². The van der Waals surface area contributed by atoms with Crippen molar-refractivity contribution in [3.05, 3.63) is 71.1 Å². The molecule has 0 aliphatic carbocycles. The van der Waals surface area contributed by atoms with E-state index >= 15 is 0 Å². The van der Waals surface area contributed by atoms with Gasteiger partial charge in [0.2, 0.25) is 11.8 Å². The Morgan fingerprint density at radius 3 is 2.85 bits per heavy atom. The fourth-order valence-electron chi connectivity index (χ4n) is 3.57. The van der Waals surface area contributed by atoms with Crippen LogP contribution in [0, 0.1) is 5.92 Å². The quantitative estimate of drug-likeness (QED) is 0.551. The van der Waals surface area contributed by atoms with Crippen LogP contribution in [0.5, 0.6) is 17.5 Å². The number of nitrogens with zero attached hydrogens (tertiary/aromatic N) is 4. The number of rotatable bonds is 5. The fourth-order valence-corrected chi connectivity index (χ4v) is 3.68. The van der Waals surface area contributed by atoms with Gasteiger partial charge in [0, 0.05) is 25.4 Å². The third-order valence-electron chi connectivity index (χ3n) is 5.27. The van der Waals surface area contributed by atoms with Crippen molar-refractivity contribution in [2.45, 2.75) is 13.3 Å². The first-order valence-corrected chi connectivity index (χ1v) is 10.9. The van der Waals surface area contributed by atoms with E-state index in [4.69, 9.17) is 21.1 Å². The largest absolute Gasteiger partial charge is 0.480 e. The molecule has 0 bridgehead atoms. The molecule has 1 aliphatic rings. The molecule has 3 aromatic rings. The minimum atomic E-state index is -0.200. The average molecular weight is 466 g/mol. The lowest BCUT2D eigenvalue weighted by Crippen LogP contribution is -2.42. The van der Waals surface area contributed by atoms with E-state index in [0.717, 1.165) is 12.0 Å². The van der Waals surface area contributed by atoms with Crippen molar-refractivity contribution >= 4 is 29.5 Å². The number of likely N-dealkylation sites (tertiary alicyclic amines) is 1. The van der Waals surface area contributed by atoms with Crippen LogP contribution in [0.2, 0.25) is 5.02 Å². The number of piperidine rings is 1. The van der Waals surface area contributed by atoms with E-state index in [1.165, 1.54) is 25.1 Å². The maximum atomic E-state index is 12.7. The molecule has 2 amide bonds. The predicted octanol–water partition coefficient (Wildman–Crippen LogP) is 5.28. The Morgan fingerprint density at radius 1 is 1.21 bits per heavy atom. The van der Waals surface area contributed by atoms with Gasteiger partial charge in [-0.15, -0.1) is 0 Å². The van der Waals surface area contributed by atoms with E-state index in [-0.39, 0.29) is 11.9 Å². The van der Waals surface area contributed by atoms with Crippen LogP contribution < -0.4 is 14.8 Å². The summed E-state index contributed by atoms with van der Waals surface area (Å²) in [6.07, 6.45) is 7.47. The Morgan fingerprint density at radius 2 is 2.09 bits per heavy atom. The van der Waals surface area contributed by atoms with Gasteiger partial charge in [-0.05, 0) is 36.1 Å². The predicted molar refractivity (Wildman–Crippen MR) is 127 cm³/mol. The third kappa shape index (κ3) is 5.98. The molecule has 1 fully saturated rings. The van der Waals surface area contributed by atoms with Gasteiger partial charge in [-0.2, -0.15) is 4.98 Å². The highest BCUT2D eigenvalue weighted by Gasteiger charge is 2.24. The van der Waals surface area contributed by atoms with Gasteiger partial charge in [-0.25, -0.2) is 9.78 Å². The second-order valence-corrected chi connectivity index (χ2v) is 8.12. The molecule has 1 unspecified atom stereocenters. The molecular weight excluding hydrogens is 442 g/mol. The molecule has 4 rings (SSSR count). The Kier molecular flexibility index (Phi) is 7.04. The summed E-state index contributed by atoms with van der Waals surface area (Å²) in [6, 6.07) is 11.1. The monoisotopic (exact) mass is 465 g/mol. The first kappa shape index (κ1) is 22.5. The lowest BCUT2D eigenvalue weighted by atomic mass is 9.91. The first-order chi connectivity index (χ1) is 16.0. The van der Waals surface area contributed by atoms with E-state index in [0.29, 0.717) is 41.4 Å². The lowest BCUT2D eigenvalue weighted by molar-refractivity contribution is 0.197. The normalized spacial score (nSPS) is 17.0. The topological polar surface area (TPSA) is 89.5 Å². The van der Waals surface area contributed by atoms with Crippen LogP contribution in [0.3, 0.4) is 0 Å². The number of ether oxygens (including phenoxy) is 2. The van der Waals surface area contributed by atoms with Crippen LogP contribution in [0.4, 0.5) is 10.6 Å². The Balaban J connectivity index is 1.38. The summed E-state index contributed by atoms with van der Waals surface area (Å²) in [7, 11) is 1.51. The maximum Gasteiger partial charge on any atom is 0.323 e. The summed E-state index contributed by atoms with van der Waals surface area (Å²) >= 11 is 5.88. The molecule has 0 radical (unpaired) electrons. The number of anilines is 1. The number of halogens is 1. The van der Waals surface area contributed by atoms with Gasteiger partial charge in [0.05, 0.1) is 24.5 Å². The number of methoxy groups -OCH3 is 1. The van der Waals surface area contributed by atoms with Crippen molar-refractivity contribution in [3.63, 3.8) is 0 Å². The van der Waals surface area contributed by atoms with Crippen molar-refractivity contribution in [3.8, 4) is 17.5 Å². The van der Waals surface area contributed by atoms with Gasteiger partial charge in [-0.3, -0.25) is 10.3 Å². The van der Waals surface area contributed by atoms with Crippen molar-refractivity contribution in [2.75, 3.05) is 25.5 Å². The molecule has 0 spiro atoms. The highest BCUT2D eigenvalue weighted by Crippen LogP contribution is 2.27. The van der Waals surface area contributed by atoms with Crippen LogP contribution in [-0.2, 0) is 0 Å². The zero-order valence-corrected chi connectivity index (χ0v) is 19.1. The maximum absolute atomic E-state index is 12.7. The lowest BCUT2D eigenvalue weighted by Gasteiger charge is -2.33. The number of carbonyl (C=O) groups is 1. The SMILES string of the molecule is COc1cncc(NC(=O)N2CCC(=Cc3cccc(Oc4ccc(Cl)cn4)c3)C(C)C2)n1. The van der Waals surface area contributed by atoms with E-state index in [9.17, 15) is 4.79 Å². The Bertz CT molecular complexity index is 1150. The molecule has 8 nitrogen and oxygen atoms in total. The zero-order chi connectivity index (χ0) is 23.2. The summed E-state index contributed by atoms with van der Waals surface area (Å²) in [4.78, 5) is 26.8. The zero-order valence-electron chi connectivity index (χ0n) is 18.4. The number of amides is 2. The summed E-state index contributed by atoms with van der Waals surface area (Å²) in [5.74, 6) is 2.10. The smallest absolute Gasteiger partial charge is 0.323 e. The molecule has 2 aromatic heterocycles. The molecular formula is C24H24ClN5O3. The molecule has 1 saturated heterocycles. The highest BCUT2D eigenvalue weighted by atomic mass is 35.5. The average Bonchev–Trinajstić information content (AvgIpc) is 2.82. The van der Waals surface area contributed by atoms with Crippen LogP contribution in [0.1, 0.15) is 18.9 Å². The van der Waals surface area contributed by atoms with Crippen molar-refractivity contribution in [2.24, 2.45) is 5.92 Å². The summed E-state index contributed by atoms with van der Waals surface area (Å²) in [6.45, 7) is 3.35. The van der Waals surface area contributed by atoms with Gasteiger partial charge in [0.1, 0.15) is 5.75 Å². The molecule has 0 saturated carbocycles. The molecule has 1 aromatic carbocycles. The molecule has 170 valence electrons. The molecule has 1 N–H and O–H groups in total. The number of nitrogens with one attached hydrogen (secondary N) is 1. The summed E-state index contributed by atoms with van der Waals surface area (Å²) in [5.41, 5.74) is 2.31.